The summed E-state index contributed by atoms with van der Waals surface area (Å²) in [5, 5.41) is 29.2. The van der Waals surface area contributed by atoms with Gasteiger partial charge in [-0.15, -0.1) is 0 Å². The lowest BCUT2D eigenvalue weighted by Crippen LogP contribution is -2.55. The highest BCUT2D eigenvalue weighted by atomic mass is 19.4. The van der Waals surface area contributed by atoms with Gasteiger partial charge in [0.2, 0.25) is 0 Å². The van der Waals surface area contributed by atoms with Gasteiger partial charge in [-0.1, -0.05) is 54.9 Å². The number of hydrogen-bond acceptors (Lipinski definition) is 3. The van der Waals surface area contributed by atoms with Gasteiger partial charge in [0.25, 0.3) is 5.60 Å². The first-order chi connectivity index (χ1) is 16.1. The van der Waals surface area contributed by atoms with E-state index in [0.717, 1.165) is 42.9 Å². The van der Waals surface area contributed by atoms with Crippen molar-refractivity contribution in [2.24, 2.45) is 17.3 Å². The standard InChI is InChI=1S/C26H34F6O3/c1-16(5-3-12-24(35,25(27,28)29)26(30,31)32)21-9-10-22-18(6-4-11-23(21,22)2)8-7-17-13-19(33)15-20(34)14-17/h3,7-9,12,16,19-20,22,33-35H,4-6,10-11,13-15H2,1-2H3/b12-3-,17-7?,18-8+/t16?,19-,20?,22?,23-/m1/s1. The third-order valence-electron chi connectivity index (χ3n) is 7.93. The van der Waals surface area contributed by atoms with Gasteiger partial charge in [-0.05, 0) is 74.7 Å². The molecule has 0 spiro atoms. The molecule has 3 aliphatic carbocycles. The molecule has 3 N–H and O–H groups in total. The van der Waals surface area contributed by atoms with Crippen molar-refractivity contribution < 1.29 is 41.7 Å². The molecule has 2 fully saturated rings. The summed E-state index contributed by atoms with van der Waals surface area (Å²) in [4.78, 5) is 0. The van der Waals surface area contributed by atoms with Crippen molar-refractivity contribution in [3.63, 3.8) is 0 Å². The summed E-state index contributed by atoms with van der Waals surface area (Å²) in [7, 11) is 0. The van der Waals surface area contributed by atoms with Crippen LogP contribution in [0.1, 0.15) is 65.2 Å². The zero-order chi connectivity index (χ0) is 26.2. The number of rotatable bonds is 5. The third-order valence-corrected chi connectivity index (χ3v) is 7.93. The van der Waals surface area contributed by atoms with Crippen LogP contribution in [0.5, 0.6) is 0 Å². The lowest BCUT2D eigenvalue weighted by Gasteiger charge is -2.42. The summed E-state index contributed by atoms with van der Waals surface area (Å²) in [5.41, 5.74) is -1.87. The van der Waals surface area contributed by atoms with Crippen molar-refractivity contribution in [1.29, 1.82) is 0 Å². The lowest BCUT2D eigenvalue weighted by atomic mass is 9.62. The molecule has 0 aromatic carbocycles. The molecular formula is C26H34F6O3. The molecule has 3 rings (SSSR count). The maximum Gasteiger partial charge on any atom is 0.429 e. The quantitative estimate of drug-likeness (QED) is 0.301. The van der Waals surface area contributed by atoms with Crippen molar-refractivity contribution in [2.45, 2.75) is 95.4 Å². The Hall–Kier alpha value is -1.58. The monoisotopic (exact) mass is 508 g/mol. The van der Waals surface area contributed by atoms with Crippen LogP contribution in [0.3, 0.4) is 0 Å². The number of hydrogen-bond donors (Lipinski definition) is 3. The summed E-state index contributed by atoms with van der Waals surface area (Å²) in [6, 6.07) is 0. The molecule has 5 atom stereocenters. The molecule has 0 aromatic heterocycles. The van der Waals surface area contributed by atoms with Crippen molar-refractivity contribution in [2.75, 3.05) is 0 Å². The van der Waals surface area contributed by atoms with Crippen LogP contribution in [0, 0.1) is 17.3 Å². The van der Waals surface area contributed by atoms with Crippen molar-refractivity contribution in [1.82, 2.24) is 0 Å². The highest BCUT2D eigenvalue weighted by Gasteiger charge is 2.68. The Kier molecular flexibility index (Phi) is 8.04. The molecule has 0 saturated heterocycles. The molecule has 0 amide bonds. The minimum absolute atomic E-state index is 0.0541. The number of aliphatic hydroxyl groups is 3. The molecule has 0 aromatic rings. The van der Waals surface area contributed by atoms with Crippen LogP contribution in [0.2, 0.25) is 0 Å². The van der Waals surface area contributed by atoms with E-state index in [1.54, 1.807) is 6.92 Å². The molecule has 0 bridgehead atoms. The maximum absolute atomic E-state index is 12.9. The van der Waals surface area contributed by atoms with Crippen LogP contribution in [0.4, 0.5) is 26.3 Å². The van der Waals surface area contributed by atoms with E-state index in [1.165, 1.54) is 5.57 Å². The predicted molar refractivity (Wildman–Crippen MR) is 120 cm³/mol. The average Bonchev–Trinajstić information content (AvgIpc) is 3.07. The molecule has 0 aliphatic heterocycles. The second-order valence-electron chi connectivity index (χ2n) is 10.5. The fraction of sp³-hybridized carbons (Fsp3) is 0.692. The van der Waals surface area contributed by atoms with Crippen LogP contribution in [0.15, 0.2) is 47.1 Å². The van der Waals surface area contributed by atoms with E-state index in [-0.39, 0.29) is 29.7 Å². The SMILES string of the molecule is CC(C/C=C\C(O)(C(F)(F)F)C(F)(F)F)C1=CCC2/C(=C/C=C3CC(O)C[C@H](O)C3)CCC[C@]12C. The Morgan fingerprint density at radius 3 is 2.23 bits per heavy atom. The van der Waals surface area contributed by atoms with Gasteiger partial charge >= 0.3 is 12.4 Å². The molecular weight excluding hydrogens is 474 g/mol. The van der Waals surface area contributed by atoms with Gasteiger partial charge in [0.05, 0.1) is 12.2 Å². The predicted octanol–water partition coefficient (Wildman–Crippen LogP) is 6.32. The highest BCUT2D eigenvalue weighted by molar-refractivity contribution is 5.35. The van der Waals surface area contributed by atoms with Crippen LogP contribution >= 0.6 is 0 Å². The van der Waals surface area contributed by atoms with Crippen molar-refractivity contribution in [3.05, 3.63) is 47.1 Å². The first-order valence-corrected chi connectivity index (χ1v) is 12.1. The van der Waals surface area contributed by atoms with Crippen LogP contribution in [-0.2, 0) is 0 Å². The fourth-order valence-corrected chi connectivity index (χ4v) is 6.07. The summed E-state index contributed by atoms with van der Waals surface area (Å²) in [6.45, 7) is 3.89. The van der Waals surface area contributed by atoms with E-state index in [0.29, 0.717) is 19.3 Å². The Balaban J connectivity index is 1.73. The van der Waals surface area contributed by atoms with Gasteiger partial charge in [-0.3, -0.25) is 0 Å². The second kappa shape index (κ2) is 10.1. The van der Waals surface area contributed by atoms with Gasteiger partial charge in [0.1, 0.15) is 0 Å². The lowest BCUT2D eigenvalue weighted by molar-refractivity contribution is -0.347. The van der Waals surface area contributed by atoms with Gasteiger partial charge in [0.15, 0.2) is 0 Å². The topological polar surface area (TPSA) is 60.7 Å². The summed E-state index contributed by atoms with van der Waals surface area (Å²) in [5.74, 6) is -0.0939. The minimum atomic E-state index is -5.86. The van der Waals surface area contributed by atoms with E-state index in [4.69, 9.17) is 0 Å². The first-order valence-electron chi connectivity index (χ1n) is 12.1. The Labute approximate surface area is 201 Å². The van der Waals surface area contributed by atoms with Crippen LogP contribution in [0.25, 0.3) is 0 Å². The number of alkyl halides is 6. The van der Waals surface area contributed by atoms with Crippen LogP contribution in [-0.4, -0.2) is 45.5 Å². The third kappa shape index (κ3) is 5.72. The van der Waals surface area contributed by atoms with Crippen molar-refractivity contribution >= 4 is 0 Å². The van der Waals surface area contributed by atoms with Crippen molar-refractivity contribution in [3.8, 4) is 0 Å². The molecule has 35 heavy (non-hydrogen) atoms. The zero-order valence-electron chi connectivity index (χ0n) is 20.0. The molecule has 198 valence electrons. The molecule has 3 aliphatic rings. The van der Waals surface area contributed by atoms with Gasteiger partial charge in [-0.25, -0.2) is 0 Å². The smallest absolute Gasteiger partial charge is 0.393 e. The van der Waals surface area contributed by atoms with Crippen LogP contribution < -0.4 is 0 Å². The van der Waals surface area contributed by atoms with E-state index in [2.05, 4.69) is 19.1 Å². The molecule has 3 unspecified atom stereocenters. The number of aliphatic hydroxyl groups excluding tert-OH is 2. The first kappa shape index (κ1) is 28.0. The van der Waals surface area contributed by atoms with E-state index >= 15 is 0 Å². The number of allylic oxidation sites excluding steroid dienone is 6. The fourth-order valence-electron chi connectivity index (χ4n) is 6.07. The maximum atomic E-state index is 12.9. The average molecular weight is 509 g/mol. The Morgan fingerprint density at radius 1 is 1.06 bits per heavy atom. The van der Waals surface area contributed by atoms with E-state index < -0.39 is 30.2 Å². The van der Waals surface area contributed by atoms with Gasteiger partial charge in [0, 0.05) is 0 Å². The van der Waals surface area contributed by atoms with Gasteiger partial charge in [-0.2, -0.15) is 26.3 Å². The normalized spacial score (nSPS) is 33.9. The Morgan fingerprint density at radius 2 is 1.66 bits per heavy atom. The molecule has 0 radical (unpaired) electrons. The summed E-state index contributed by atoms with van der Waals surface area (Å²) >= 11 is 0. The minimum Gasteiger partial charge on any atom is -0.393 e. The van der Waals surface area contributed by atoms with E-state index in [1.807, 2.05) is 6.08 Å². The second-order valence-corrected chi connectivity index (χ2v) is 10.5. The largest absolute Gasteiger partial charge is 0.429 e. The summed E-state index contributed by atoms with van der Waals surface area (Å²) in [6.07, 6.45) is -1.33. The number of fused-ring (bicyclic) bond motifs is 1. The van der Waals surface area contributed by atoms with Gasteiger partial charge < -0.3 is 15.3 Å². The Bertz CT molecular complexity index is 872. The molecule has 0 heterocycles. The summed E-state index contributed by atoms with van der Waals surface area (Å²) < 4.78 is 77.6. The van der Waals surface area contributed by atoms with E-state index in [9.17, 15) is 41.7 Å². The number of halogens is 6. The molecule has 3 nitrogen and oxygen atoms in total. The zero-order valence-corrected chi connectivity index (χ0v) is 20.0. The molecule has 2 saturated carbocycles. The molecule has 9 heteroatoms. The highest BCUT2D eigenvalue weighted by Crippen LogP contribution is 2.57.